The zero-order valence-electron chi connectivity index (χ0n) is 17.7. The molecule has 4 saturated carbocycles. The van der Waals surface area contributed by atoms with E-state index in [0.717, 1.165) is 57.1 Å². The Balaban J connectivity index is 0.00000240. The lowest BCUT2D eigenvalue weighted by atomic mass is 9.44. The number of nitrogens with two attached hydrogens (primary N) is 1. The van der Waals surface area contributed by atoms with Gasteiger partial charge >= 0.3 is 0 Å². The van der Waals surface area contributed by atoms with Gasteiger partial charge in [-0.1, -0.05) is 24.6 Å². The zero-order chi connectivity index (χ0) is 19.9. The molecule has 0 unspecified atom stereocenters. The minimum Gasteiger partial charge on any atom is -0.395 e. The van der Waals surface area contributed by atoms with Gasteiger partial charge in [0.2, 0.25) is 0 Å². The van der Waals surface area contributed by atoms with E-state index in [1.54, 1.807) is 6.08 Å². The molecule has 4 fully saturated rings. The van der Waals surface area contributed by atoms with Gasteiger partial charge in [-0.05, 0) is 74.0 Å². The van der Waals surface area contributed by atoms with Gasteiger partial charge in [-0.2, -0.15) is 5.26 Å². The van der Waals surface area contributed by atoms with E-state index >= 15 is 0 Å². The molecule has 6 heteroatoms. The maximum Gasteiger partial charge on any atom is 0.139 e. The van der Waals surface area contributed by atoms with Crippen molar-refractivity contribution in [2.24, 2.45) is 45.4 Å². The standard InChI is InChI=1S/C23H33N3O2.ClH/c1-22-8-5-16(26-28-12-11-25)14-20(22)15(7-10-24)13-17-18-3-4-21(27)23(18,2)9-6-19(17)22;/h7,17-20H,3-6,8-9,11-14,25H2,1-2H3;1H/b15-7+,26-16+;/t17-,18-,19-,20+,22+,23-;/m0./s1. The van der Waals surface area contributed by atoms with E-state index in [-0.39, 0.29) is 23.2 Å². The van der Waals surface area contributed by atoms with Crippen molar-refractivity contribution < 1.29 is 9.63 Å². The molecular weight excluding hydrogens is 386 g/mol. The number of fused-ring (bicyclic) bond motifs is 5. The van der Waals surface area contributed by atoms with Crippen LogP contribution in [0, 0.1) is 45.8 Å². The number of rotatable bonds is 3. The normalized spacial score (nSPS) is 43.7. The van der Waals surface area contributed by atoms with Crippen molar-refractivity contribution in [1.29, 1.82) is 5.26 Å². The monoisotopic (exact) mass is 419 g/mol. The molecule has 0 aromatic rings. The molecule has 0 aromatic carbocycles. The third-order valence-electron chi connectivity index (χ3n) is 8.75. The summed E-state index contributed by atoms with van der Waals surface area (Å²) < 4.78 is 0. The minimum atomic E-state index is -0.126. The Hall–Kier alpha value is -1.38. The molecule has 0 heterocycles. The first-order chi connectivity index (χ1) is 13.4. The third kappa shape index (κ3) is 3.53. The van der Waals surface area contributed by atoms with Crippen LogP contribution in [0.5, 0.6) is 0 Å². The minimum absolute atomic E-state index is 0. The van der Waals surface area contributed by atoms with Crippen LogP contribution in [0.25, 0.3) is 0 Å². The fraction of sp³-hybridized carbons (Fsp3) is 0.783. The van der Waals surface area contributed by atoms with Crippen LogP contribution >= 0.6 is 12.4 Å². The van der Waals surface area contributed by atoms with Crippen LogP contribution in [0.1, 0.15) is 65.2 Å². The van der Waals surface area contributed by atoms with E-state index in [0.29, 0.717) is 42.6 Å². The number of oxime groups is 1. The second-order valence-corrected chi connectivity index (χ2v) is 9.89. The Bertz CT molecular complexity index is 758. The predicted octanol–water partition coefficient (Wildman–Crippen LogP) is 4.41. The van der Waals surface area contributed by atoms with Crippen LogP contribution in [0.3, 0.4) is 0 Å². The number of hydrogen-bond acceptors (Lipinski definition) is 5. The Morgan fingerprint density at radius 3 is 2.76 bits per heavy atom. The van der Waals surface area contributed by atoms with E-state index in [1.165, 1.54) is 5.57 Å². The van der Waals surface area contributed by atoms with Gasteiger partial charge in [0.15, 0.2) is 0 Å². The summed E-state index contributed by atoms with van der Waals surface area (Å²) in [6, 6.07) is 2.31. The van der Waals surface area contributed by atoms with Gasteiger partial charge in [-0.25, -0.2) is 0 Å². The third-order valence-corrected chi connectivity index (χ3v) is 8.75. The van der Waals surface area contributed by atoms with Crippen molar-refractivity contribution in [3.8, 4) is 6.07 Å². The Morgan fingerprint density at radius 1 is 1.24 bits per heavy atom. The average Bonchev–Trinajstić information content (AvgIpc) is 2.98. The van der Waals surface area contributed by atoms with Crippen LogP contribution in [0.2, 0.25) is 0 Å². The molecule has 0 saturated heterocycles. The summed E-state index contributed by atoms with van der Waals surface area (Å²) in [6.07, 6.45) is 9.68. The fourth-order valence-electron chi connectivity index (χ4n) is 7.25. The number of ketones is 1. The summed E-state index contributed by atoms with van der Waals surface area (Å²) in [5.74, 6) is 2.51. The lowest BCUT2D eigenvalue weighted by molar-refractivity contribution is -0.134. The van der Waals surface area contributed by atoms with Crippen molar-refractivity contribution in [2.45, 2.75) is 65.2 Å². The highest BCUT2D eigenvalue weighted by atomic mass is 35.5. The topological polar surface area (TPSA) is 88.5 Å². The van der Waals surface area contributed by atoms with Gasteiger partial charge in [-0.3, -0.25) is 4.79 Å². The summed E-state index contributed by atoms with van der Waals surface area (Å²) in [4.78, 5) is 18.0. The first-order valence-electron chi connectivity index (χ1n) is 10.9. The highest BCUT2D eigenvalue weighted by Crippen LogP contribution is 2.66. The van der Waals surface area contributed by atoms with E-state index in [9.17, 15) is 10.1 Å². The van der Waals surface area contributed by atoms with Gasteiger partial charge in [0.25, 0.3) is 0 Å². The maximum atomic E-state index is 12.6. The molecule has 6 atom stereocenters. The second kappa shape index (κ2) is 8.40. The Kier molecular flexibility index (Phi) is 6.46. The van der Waals surface area contributed by atoms with Crippen molar-refractivity contribution >= 4 is 23.9 Å². The molecule has 4 rings (SSSR count). The summed E-state index contributed by atoms with van der Waals surface area (Å²) in [5.41, 5.74) is 7.95. The molecule has 5 nitrogen and oxygen atoms in total. The smallest absolute Gasteiger partial charge is 0.139 e. The maximum absolute atomic E-state index is 12.6. The zero-order valence-corrected chi connectivity index (χ0v) is 18.5. The average molecular weight is 420 g/mol. The molecule has 4 aliphatic rings. The number of nitriles is 1. The highest BCUT2D eigenvalue weighted by Gasteiger charge is 2.61. The van der Waals surface area contributed by atoms with E-state index in [1.807, 2.05) is 0 Å². The molecule has 2 N–H and O–H groups in total. The SMILES string of the molecule is C[C@]12CC/C(=N\OCCN)C[C@@H]1/C(=C/C#N)C[C@@H]1[C@@H]2CC[C@]2(C)C(=O)CC[C@@H]12.Cl. The first-order valence-corrected chi connectivity index (χ1v) is 10.9. The molecule has 0 bridgehead atoms. The van der Waals surface area contributed by atoms with E-state index in [4.69, 9.17) is 10.6 Å². The van der Waals surface area contributed by atoms with E-state index < -0.39 is 0 Å². The molecule has 0 amide bonds. The summed E-state index contributed by atoms with van der Waals surface area (Å²) in [7, 11) is 0. The highest BCUT2D eigenvalue weighted by molar-refractivity contribution is 5.87. The molecular formula is C23H34ClN3O2. The van der Waals surface area contributed by atoms with Crippen LogP contribution < -0.4 is 5.73 Å². The van der Waals surface area contributed by atoms with Crippen molar-refractivity contribution in [1.82, 2.24) is 0 Å². The van der Waals surface area contributed by atoms with Crippen LogP contribution in [-0.4, -0.2) is 24.6 Å². The number of allylic oxidation sites excluding steroid dienone is 2. The molecule has 29 heavy (non-hydrogen) atoms. The van der Waals surface area contributed by atoms with Crippen LogP contribution in [0.15, 0.2) is 16.8 Å². The predicted molar refractivity (Wildman–Crippen MR) is 116 cm³/mol. The Labute approximate surface area is 180 Å². The van der Waals surface area contributed by atoms with Crippen molar-refractivity contribution in [3.05, 3.63) is 11.6 Å². The lowest BCUT2D eigenvalue weighted by Gasteiger charge is -2.60. The number of carbonyl (C=O) groups excluding carboxylic acids is 1. The van der Waals surface area contributed by atoms with Crippen molar-refractivity contribution in [3.63, 3.8) is 0 Å². The van der Waals surface area contributed by atoms with Crippen molar-refractivity contribution in [2.75, 3.05) is 13.2 Å². The first kappa shape index (κ1) is 22.3. The second-order valence-electron chi connectivity index (χ2n) is 9.89. The summed E-state index contributed by atoms with van der Waals surface area (Å²) in [5, 5.41) is 13.8. The van der Waals surface area contributed by atoms with Crippen LogP contribution in [-0.2, 0) is 9.63 Å². The number of hydrogen-bond donors (Lipinski definition) is 1. The summed E-state index contributed by atoms with van der Waals surface area (Å²) >= 11 is 0. The van der Waals surface area contributed by atoms with Gasteiger partial charge in [0.1, 0.15) is 12.4 Å². The van der Waals surface area contributed by atoms with Crippen LogP contribution in [0.4, 0.5) is 0 Å². The fourth-order valence-corrected chi connectivity index (χ4v) is 7.25. The quantitative estimate of drug-likeness (QED) is 0.416. The molecule has 0 aromatic heterocycles. The van der Waals surface area contributed by atoms with Gasteiger partial charge in [0.05, 0.1) is 11.8 Å². The van der Waals surface area contributed by atoms with E-state index in [2.05, 4.69) is 25.1 Å². The lowest BCUT2D eigenvalue weighted by Crippen LogP contribution is -2.54. The van der Waals surface area contributed by atoms with Gasteiger partial charge in [-0.15, -0.1) is 12.4 Å². The number of halogens is 1. The number of Topliss-reactive ketones (excluding diaryl/α,β-unsaturated/α-hetero) is 1. The molecule has 0 spiro atoms. The van der Waals surface area contributed by atoms with Gasteiger partial charge in [0, 0.05) is 24.5 Å². The molecule has 4 aliphatic carbocycles. The number of nitrogens with zero attached hydrogens (tertiary/aromatic N) is 2. The molecule has 160 valence electrons. The number of carbonyl (C=O) groups is 1. The largest absolute Gasteiger partial charge is 0.395 e. The summed E-state index contributed by atoms with van der Waals surface area (Å²) in [6.45, 7) is 5.58. The molecule has 0 radical (unpaired) electrons. The molecule has 0 aliphatic heterocycles. The van der Waals surface area contributed by atoms with Gasteiger partial charge < -0.3 is 10.6 Å². The Morgan fingerprint density at radius 2 is 2.03 bits per heavy atom.